The molecule has 0 bridgehead atoms. The van der Waals surface area contributed by atoms with E-state index in [-0.39, 0.29) is 28.5 Å². The molecule has 0 saturated carbocycles. The van der Waals surface area contributed by atoms with Crippen molar-refractivity contribution in [3.05, 3.63) is 87.3 Å². The van der Waals surface area contributed by atoms with Gasteiger partial charge in [-0.1, -0.05) is 6.07 Å². The molecule has 0 radical (unpaired) electrons. The SMILES string of the molecule is C[C@@H](NC(=O)c1ccc(=O)n(-c2cccc(C(=O)N(C)C)c2)n1)c1cc(N)cc(C(F)(F)F)c1. The van der Waals surface area contributed by atoms with E-state index in [4.69, 9.17) is 5.73 Å². The molecule has 0 aliphatic heterocycles. The lowest BCUT2D eigenvalue weighted by Crippen LogP contribution is -2.31. The highest BCUT2D eigenvalue weighted by molar-refractivity contribution is 5.94. The fourth-order valence-electron chi connectivity index (χ4n) is 3.19. The van der Waals surface area contributed by atoms with Gasteiger partial charge >= 0.3 is 6.18 Å². The van der Waals surface area contributed by atoms with Crippen LogP contribution < -0.4 is 16.6 Å². The summed E-state index contributed by atoms with van der Waals surface area (Å²) in [5, 5.41) is 6.63. The van der Waals surface area contributed by atoms with Crippen LogP contribution in [0.1, 0.15) is 44.9 Å². The Hall–Kier alpha value is -4.15. The quantitative estimate of drug-likeness (QED) is 0.554. The average Bonchev–Trinajstić information content (AvgIpc) is 2.77. The first-order chi connectivity index (χ1) is 15.9. The van der Waals surface area contributed by atoms with Gasteiger partial charge in [0.15, 0.2) is 0 Å². The summed E-state index contributed by atoms with van der Waals surface area (Å²) in [4.78, 5) is 38.7. The number of halogens is 3. The number of benzene rings is 2. The number of amides is 2. The lowest BCUT2D eigenvalue weighted by molar-refractivity contribution is -0.137. The summed E-state index contributed by atoms with van der Waals surface area (Å²) in [6.45, 7) is 1.50. The number of rotatable bonds is 5. The van der Waals surface area contributed by atoms with E-state index in [0.29, 0.717) is 5.56 Å². The molecule has 8 nitrogen and oxygen atoms in total. The molecule has 34 heavy (non-hydrogen) atoms. The number of carbonyl (C=O) groups is 2. The number of nitrogens with one attached hydrogen (secondary N) is 1. The molecule has 3 rings (SSSR count). The summed E-state index contributed by atoms with van der Waals surface area (Å²) >= 11 is 0. The van der Waals surface area contributed by atoms with Gasteiger partial charge in [0.05, 0.1) is 17.3 Å². The summed E-state index contributed by atoms with van der Waals surface area (Å²) in [7, 11) is 3.17. The minimum atomic E-state index is -4.59. The van der Waals surface area contributed by atoms with E-state index < -0.39 is 29.2 Å². The van der Waals surface area contributed by atoms with E-state index in [1.54, 1.807) is 32.3 Å². The highest BCUT2D eigenvalue weighted by Crippen LogP contribution is 2.32. The van der Waals surface area contributed by atoms with Crippen LogP contribution in [0.15, 0.2) is 59.4 Å². The summed E-state index contributed by atoms with van der Waals surface area (Å²) in [5.74, 6) is -0.990. The number of carbonyl (C=O) groups excluding carboxylic acids is 2. The minimum Gasteiger partial charge on any atom is -0.399 e. The van der Waals surface area contributed by atoms with Crippen molar-refractivity contribution in [2.75, 3.05) is 19.8 Å². The Morgan fingerprint density at radius 2 is 1.79 bits per heavy atom. The number of aromatic nitrogens is 2. The van der Waals surface area contributed by atoms with Gasteiger partial charge in [0.2, 0.25) is 0 Å². The van der Waals surface area contributed by atoms with Gasteiger partial charge in [-0.05, 0) is 55.0 Å². The Kier molecular flexibility index (Phi) is 6.75. The van der Waals surface area contributed by atoms with Crippen LogP contribution in [0.2, 0.25) is 0 Å². The van der Waals surface area contributed by atoms with E-state index in [0.717, 1.165) is 22.9 Å². The smallest absolute Gasteiger partial charge is 0.399 e. The van der Waals surface area contributed by atoms with Gasteiger partial charge in [-0.3, -0.25) is 14.4 Å². The van der Waals surface area contributed by atoms with E-state index >= 15 is 0 Å². The average molecular weight is 473 g/mol. The predicted octanol–water partition coefficient (Wildman–Crippen LogP) is 3.03. The van der Waals surface area contributed by atoms with Crippen molar-refractivity contribution in [3.63, 3.8) is 0 Å². The predicted molar refractivity (Wildman–Crippen MR) is 120 cm³/mol. The van der Waals surface area contributed by atoms with Gasteiger partial charge in [-0.2, -0.15) is 23.0 Å². The zero-order chi connectivity index (χ0) is 25.2. The maximum Gasteiger partial charge on any atom is 0.416 e. The Morgan fingerprint density at radius 1 is 1.09 bits per heavy atom. The zero-order valence-electron chi connectivity index (χ0n) is 18.6. The maximum absolute atomic E-state index is 13.1. The van der Waals surface area contributed by atoms with Crippen molar-refractivity contribution < 1.29 is 22.8 Å². The first-order valence-corrected chi connectivity index (χ1v) is 10.1. The molecule has 0 fully saturated rings. The fraction of sp³-hybridized carbons (Fsp3) is 0.217. The Balaban J connectivity index is 1.89. The van der Waals surface area contributed by atoms with Crippen LogP contribution in [-0.2, 0) is 6.18 Å². The molecule has 3 N–H and O–H groups in total. The third kappa shape index (κ3) is 5.42. The number of nitrogens with zero attached hydrogens (tertiary/aromatic N) is 3. The van der Waals surface area contributed by atoms with Gasteiger partial charge in [0, 0.05) is 31.4 Å². The van der Waals surface area contributed by atoms with Crippen molar-refractivity contribution in [2.24, 2.45) is 0 Å². The third-order valence-corrected chi connectivity index (χ3v) is 4.93. The molecule has 1 atom stereocenters. The van der Waals surface area contributed by atoms with Crippen LogP contribution in [0.5, 0.6) is 0 Å². The lowest BCUT2D eigenvalue weighted by Gasteiger charge is -2.17. The van der Waals surface area contributed by atoms with Crippen molar-refractivity contribution in [1.82, 2.24) is 20.0 Å². The number of hydrogen-bond acceptors (Lipinski definition) is 5. The summed E-state index contributed by atoms with van der Waals surface area (Å²) in [5.41, 5.74) is 4.64. The van der Waals surface area contributed by atoms with E-state index in [1.165, 1.54) is 30.0 Å². The number of anilines is 1. The topological polar surface area (TPSA) is 110 Å². The fourth-order valence-corrected chi connectivity index (χ4v) is 3.19. The molecule has 11 heteroatoms. The van der Waals surface area contributed by atoms with E-state index in [2.05, 4.69) is 10.4 Å². The number of nitrogens with two attached hydrogens (primary N) is 1. The van der Waals surface area contributed by atoms with Crippen LogP contribution in [-0.4, -0.2) is 40.6 Å². The molecular weight excluding hydrogens is 451 g/mol. The Morgan fingerprint density at radius 3 is 2.44 bits per heavy atom. The van der Waals surface area contributed by atoms with Crippen LogP contribution in [0, 0.1) is 0 Å². The molecule has 1 heterocycles. The van der Waals surface area contributed by atoms with Crippen molar-refractivity contribution in [2.45, 2.75) is 19.1 Å². The van der Waals surface area contributed by atoms with Gasteiger partial charge in [0.25, 0.3) is 17.4 Å². The third-order valence-electron chi connectivity index (χ3n) is 4.93. The molecule has 0 unspecified atom stereocenters. The number of nitrogen functional groups attached to an aromatic ring is 1. The van der Waals surface area contributed by atoms with Crippen molar-refractivity contribution >= 4 is 17.5 Å². The van der Waals surface area contributed by atoms with Gasteiger partial charge < -0.3 is 16.0 Å². The highest BCUT2D eigenvalue weighted by atomic mass is 19.4. The Bertz CT molecular complexity index is 1300. The van der Waals surface area contributed by atoms with E-state index in [1.807, 2.05) is 0 Å². The molecule has 3 aromatic rings. The monoisotopic (exact) mass is 473 g/mol. The van der Waals surface area contributed by atoms with Gasteiger partial charge in [-0.15, -0.1) is 0 Å². The molecule has 0 saturated heterocycles. The molecule has 1 aromatic heterocycles. The molecular formula is C23H22F3N5O3. The molecule has 178 valence electrons. The van der Waals surface area contributed by atoms with Crippen LogP contribution >= 0.6 is 0 Å². The Labute approximate surface area is 192 Å². The second-order valence-electron chi connectivity index (χ2n) is 7.80. The summed E-state index contributed by atoms with van der Waals surface area (Å²) < 4.78 is 40.3. The second-order valence-corrected chi connectivity index (χ2v) is 7.80. The first-order valence-electron chi connectivity index (χ1n) is 10.1. The highest BCUT2D eigenvalue weighted by Gasteiger charge is 2.31. The first kappa shape index (κ1) is 24.5. The second kappa shape index (κ2) is 9.38. The standard InChI is InChI=1S/C23H22F3N5O3/c1-13(15-9-16(23(24,25)26)12-17(27)10-15)28-21(33)19-7-8-20(32)31(29-19)18-6-4-5-14(11-18)22(34)30(2)3/h4-13H,27H2,1-3H3,(H,28,33)/t13-/m1/s1. The van der Waals surface area contributed by atoms with E-state index in [9.17, 15) is 27.6 Å². The molecule has 2 amide bonds. The molecule has 2 aromatic carbocycles. The summed E-state index contributed by atoms with van der Waals surface area (Å²) in [6.07, 6.45) is -4.59. The normalized spacial score (nSPS) is 12.2. The summed E-state index contributed by atoms with van der Waals surface area (Å²) in [6, 6.07) is 10.7. The maximum atomic E-state index is 13.1. The molecule has 0 aliphatic rings. The van der Waals surface area contributed by atoms with Crippen LogP contribution in [0.25, 0.3) is 5.69 Å². The minimum absolute atomic E-state index is 0.0928. The molecule has 0 spiro atoms. The van der Waals surface area contributed by atoms with Crippen LogP contribution in [0.4, 0.5) is 18.9 Å². The molecule has 0 aliphatic carbocycles. The van der Waals surface area contributed by atoms with Crippen molar-refractivity contribution in [1.29, 1.82) is 0 Å². The van der Waals surface area contributed by atoms with Gasteiger partial charge in [0.1, 0.15) is 5.69 Å². The number of hydrogen-bond donors (Lipinski definition) is 2. The zero-order valence-corrected chi connectivity index (χ0v) is 18.6. The van der Waals surface area contributed by atoms with Crippen molar-refractivity contribution in [3.8, 4) is 5.69 Å². The van der Waals surface area contributed by atoms with Gasteiger partial charge in [-0.25, -0.2) is 0 Å². The number of alkyl halides is 3. The van der Waals surface area contributed by atoms with Crippen LogP contribution in [0.3, 0.4) is 0 Å². The largest absolute Gasteiger partial charge is 0.416 e. The lowest BCUT2D eigenvalue weighted by atomic mass is 10.0.